The number of hydrogen-bond acceptors (Lipinski definition) is 9. The summed E-state index contributed by atoms with van der Waals surface area (Å²) in [6.45, 7) is 1.29. The predicted molar refractivity (Wildman–Crippen MR) is 98.2 cm³/mol. The normalized spacial score (nSPS) is 19.6. The Morgan fingerprint density at radius 1 is 1.36 bits per heavy atom. The lowest BCUT2D eigenvalue weighted by molar-refractivity contribution is -0.222. The van der Waals surface area contributed by atoms with Crippen molar-refractivity contribution in [3.63, 3.8) is 0 Å². The molecule has 152 valence electrons. The molecule has 0 bridgehead atoms. The molecule has 1 aromatic rings. The second kappa shape index (κ2) is 9.18. The molecule has 0 aliphatic carbocycles. The number of ether oxygens (including phenoxy) is 3. The average molecular weight is 411 g/mol. The van der Waals surface area contributed by atoms with Crippen LogP contribution in [0.25, 0.3) is 0 Å². The Kier molecular flexibility index (Phi) is 7.17. The number of esters is 2. The SMILES string of the molecule is COC(=O)C(O)(CC(C=O)N1C(=O)CSC1c1ccc(OC(C)=O)cc1)OC. The molecule has 2 rings (SSSR count). The lowest BCUT2D eigenvalue weighted by atomic mass is 10.0. The van der Waals surface area contributed by atoms with E-state index in [0.717, 1.165) is 14.2 Å². The molecule has 10 heteroatoms. The molecule has 1 amide bonds. The minimum Gasteiger partial charge on any atom is -0.465 e. The van der Waals surface area contributed by atoms with Gasteiger partial charge >= 0.3 is 11.9 Å². The molecular formula is C18H21NO8S. The number of hydrogen-bond donors (Lipinski definition) is 1. The standard InChI is InChI=1S/C18H21NO8S/c1-11(21)27-14-6-4-12(5-7-14)16-19(15(22)10-28-16)13(9-20)8-18(24,26-3)17(23)25-2/h4-7,9,13,16,24H,8,10H2,1-3H3. The molecule has 0 saturated carbocycles. The second-order valence-corrected chi connectivity index (χ2v) is 7.08. The molecular weight excluding hydrogens is 390 g/mol. The Morgan fingerprint density at radius 3 is 2.50 bits per heavy atom. The van der Waals surface area contributed by atoms with Crippen LogP contribution in [0.2, 0.25) is 0 Å². The zero-order chi connectivity index (χ0) is 20.9. The molecule has 1 saturated heterocycles. The van der Waals surface area contributed by atoms with E-state index < -0.39 is 35.6 Å². The van der Waals surface area contributed by atoms with Gasteiger partial charge < -0.3 is 29.0 Å². The van der Waals surface area contributed by atoms with Crippen LogP contribution in [0.4, 0.5) is 0 Å². The van der Waals surface area contributed by atoms with Gasteiger partial charge in [-0.1, -0.05) is 12.1 Å². The van der Waals surface area contributed by atoms with E-state index in [1.807, 2.05) is 0 Å². The van der Waals surface area contributed by atoms with Crippen LogP contribution in [-0.4, -0.2) is 65.9 Å². The summed E-state index contributed by atoms with van der Waals surface area (Å²) in [7, 11) is 2.18. The van der Waals surface area contributed by atoms with Gasteiger partial charge in [0.15, 0.2) is 0 Å². The number of benzene rings is 1. The molecule has 1 fully saturated rings. The van der Waals surface area contributed by atoms with Gasteiger partial charge in [-0.05, 0) is 17.7 Å². The first kappa shape index (κ1) is 21.9. The summed E-state index contributed by atoms with van der Waals surface area (Å²) in [5.74, 6) is -3.73. The molecule has 1 heterocycles. The maximum absolute atomic E-state index is 12.4. The second-order valence-electron chi connectivity index (χ2n) is 6.01. The lowest BCUT2D eigenvalue weighted by Crippen LogP contribution is -2.50. The third kappa shape index (κ3) is 4.70. The van der Waals surface area contributed by atoms with Gasteiger partial charge in [-0.25, -0.2) is 4.79 Å². The van der Waals surface area contributed by atoms with Crippen LogP contribution in [0, 0.1) is 0 Å². The number of aldehydes is 1. The molecule has 1 aliphatic heterocycles. The average Bonchev–Trinajstić information content (AvgIpc) is 3.06. The highest BCUT2D eigenvalue weighted by Crippen LogP contribution is 2.41. The molecule has 1 N–H and O–H groups in total. The van der Waals surface area contributed by atoms with Crippen LogP contribution in [0.5, 0.6) is 5.75 Å². The third-order valence-corrected chi connectivity index (χ3v) is 5.40. The lowest BCUT2D eigenvalue weighted by Gasteiger charge is -2.33. The van der Waals surface area contributed by atoms with E-state index in [0.29, 0.717) is 17.6 Å². The van der Waals surface area contributed by atoms with Crippen LogP contribution in [0.1, 0.15) is 24.3 Å². The van der Waals surface area contributed by atoms with E-state index >= 15 is 0 Å². The molecule has 9 nitrogen and oxygen atoms in total. The van der Waals surface area contributed by atoms with Crippen molar-refractivity contribution in [2.24, 2.45) is 0 Å². The fourth-order valence-corrected chi connectivity index (χ4v) is 4.06. The Balaban J connectivity index is 2.27. The first-order valence-electron chi connectivity index (χ1n) is 8.28. The highest BCUT2D eigenvalue weighted by molar-refractivity contribution is 8.00. The maximum Gasteiger partial charge on any atom is 0.366 e. The summed E-state index contributed by atoms with van der Waals surface area (Å²) in [6.07, 6.45) is 0.00491. The van der Waals surface area contributed by atoms with Gasteiger partial charge in [-0.2, -0.15) is 0 Å². The zero-order valence-corrected chi connectivity index (χ0v) is 16.4. The molecule has 0 spiro atoms. The number of rotatable bonds is 8. The van der Waals surface area contributed by atoms with Gasteiger partial charge in [0.1, 0.15) is 17.4 Å². The molecule has 3 atom stereocenters. The largest absolute Gasteiger partial charge is 0.465 e. The van der Waals surface area contributed by atoms with Crippen LogP contribution in [0.3, 0.4) is 0 Å². The molecule has 1 aromatic carbocycles. The number of aliphatic hydroxyl groups is 1. The summed E-state index contributed by atoms with van der Waals surface area (Å²) in [6, 6.07) is 5.38. The van der Waals surface area contributed by atoms with Crippen molar-refractivity contribution in [1.82, 2.24) is 4.90 Å². The number of carbonyl (C=O) groups is 4. The number of thioether (sulfide) groups is 1. The van der Waals surface area contributed by atoms with Gasteiger partial charge in [-0.3, -0.25) is 9.59 Å². The van der Waals surface area contributed by atoms with Gasteiger partial charge in [0, 0.05) is 20.5 Å². The van der Waals surface area contributed by atoms with E-state index in [1.54, 1.807) is 24.3 Å². The van der Waals surface area contributed by atoms with Crippen molar-refractivity contribution >= 4 is 35.9 Å². The third-order valence-electron chi connectivity index (χ3n) is 4.17. The quantitative estimate of drug-likeness (QED) is 0.285. The van der Waals surface area contributed by atoms with Crippen molar-refractivity contribution in [2.75, 3.05) is 20.0 Å². The van der Waals surface area contributed by atoms with Crippen LogP contribution in [0.15, 0.2) is 24.3 Å². The van der Waals surface area contributed by atoms with Crippen LogP contribution < -0.4 is 4.74 Å². The Bertz CT molecular complexity index is 752. The van der Waals surface area contributed by atoms with Gasteiger partial charge in [-0.15, -0.1) is 11.8 Å². The van der Waals surface area contributed by atoms with Crippen LogP contribution >= 0.6 is 11.8 Å². The maximum atomic E-state index is 12.4. The van der Waals surface area contributed by atoms with Crippen molar-refractivity contribution in [2.45, 2.75) is 30.5 Å². The van der Waals surface area contributed by atoms with Crippen molar-refractivity contribution < 1.29 is 38.5 Å². The van der Waals surface area contributed by atoms with Crippen molar-refractivity contribution in [3.8, 4) is 5.75 Å². The summed E-state index contributed by atoms with van der Waals surface area (Å²) >= 11 is 1.29. The van der Waals surface area contributed by atoms with Gasteiger partial charge in [0.2, 0.25) is 5.91 Å². The first-order valence-corrected chi connectivity index (χ1v) is 9.33. The van der Waals surface area contributed by atoms with E-state index in [4.69, 9.17) is 9.47 Å². The van der Waals surface area contributed by atoms with Crippen LogP contribution in [-0.2, 0) is 28.7 Å². The topological polar surface area (TPSA) is 119 Å². The molecule has 28 heavy (non-hydrogen) atoms. The number of carbonyl (C=O) groups excluding carboxylic acids is 4. The minimum atomic E-state index is -2.36. The van der Waals surface area contributed by atoms with E-state index in [2.05, 4.69) is 4.74 Å². The molecule has 0 aromatic heterocycles. The monoisotopic (exact) mass is 411 g/mol. The van der Waals surface area contributed by atoms with Gasteiger partial charge in [0.05, 0.1) is 18.9 Å². The Hall–Kier alpha value is -2.43. The van der Waals surface area contributed by atoms with Crippen molar-refractivity contribution in [1.29, 1.82) is 0 Å². The fraction of sp³-hybridized carbons (Fsp3) is 0.444. The summed E-state index contributed by atoms with van der Waals surface area (Å²) < 4.78 is 14.3. The highest BCUT2D eigenvalue weighted by atomic mass is 32.2. The van der Waals surface area contributed by atoms with Gasteiger partial charge in [0.25, 0.3) is 5.79 Å². The number of methoxy groups -OCH3 is 2. The summed E-state index contributed by atoms with van der Waals surface area (Å²) in [5.41, 5.74) is 0.692. The summed E-state index contributed by atoms with van der Waals surface area (Å²) in [4.78, 5) is 48.3. The molecule has 3 unspecified atom stereocenters. The Morgan fingerprint density at radius 2 is 2.00 bits per heavy atom. The smallest absolute Gasteiger partial charge is 0.366 e. The fourth-order valence-electron chi connectivity index (χ4n) is 2.82. The molecule has 1 aliphatic rings. The molecule has 0 radical (unpaired) electrons. The minimum absolute atomic E-state index is 0.129. The highest BCUT2D eigenvalue weighted by Gasteiger charge is 2.46. The zero-order valence-electron chi connectivity index (χ0n) is 15.6. The predicted octanol–water partition coefficient (Wildman–Crippen LogP) is 0.651. The van der Waals surface area contributed by atoms with E-state index in [1.165, 1.54) is 23.6 Å². The number of nitrogens with zero attached hydrogens (tertiary/aromatic N) is 1. The summed E-state index contributed by atoms with van der Waals surface area (Å²) in [5, 5.41) is 9.84. The Labute approximate surface area is 165 Å². The number of amides is 1. The van der Waals surface area contributed by atoms with E-state index in [9.17, 15) is 24.3 Å². The first-order chi connectivity index (χ1) is 13.3. The van der Waals surface area contributed by atoms with Crippen molar-refractivity contribution in [3.05, 3.63) is 29.8 Å². The van der Waals surface area contributed by atoms with E-state index in [-0.39, 0.29) is 11.7 Å².